The summed E-state index contributed by atoms with van der Waals surface area (Å²) in [5.74, 6) is 0.920. The van der Waals surface area contributed by atoms with Crippen molar-refractivity contribution >= 4 is 11.6 Å². The number of carbonyl (C=O) groups is 1. The maximum absolute atomic E-state index is 12.7. The van der Waals surface area contributed by atoms with Crippen LogP contribution in [0.1, 0.15) is 30.9 Å². The first-order valence-corrected chi connectivity index (χ1v) is 8.36. The fourth-order valence-corrected chi connectivity index (χ4v) is 2.99. The van der Waals surface area contributed by atoms with Gasteiger partial charge in [-0.1, -0.05) is 32.0 Å². The highest BCUT2D eigenvalue weighted by atomic mass is 16.7. The predicted molar refractivity (Wildman–Crippen MR) is 95.1 cm³/mol. The van der Waals surface area contributed by atoms with E-state index >= 15 is 0 Å². The van der Waals surface area contributed by atoms with Gasteiger partial charge in [0.25, 0.3) is 5.69 Å². The molecule has 7 nitrogen and oxygen atoms in total. The van der Waals surface area contributed by atoms with E-state index in [4.69, 9.17) is 9.47 Å². The van der Waals surface area contributed by atoms with Crippen LogP contribution >= 0.6 is 0 Å². The number of benzene rings is 2. The second kappa shape index (κ2) is 7.43. The van der Waals surface area contributed by atoms with Crippen molar-refractivity contribution in [2.45, 2.75) is 26.3 Å². The third-order valence-corrected chi connectivity index (χ3v) is 4.32. The summed E-state index contributed by atoms with van der Waals surface area (Å²) in [6.45, 7) is 4.48. The summed E-state index contributed by atoms with van der Waals surface area (Å²) in [5, 5.41) is 13.7. The first kappa shape index (κ1) is 17.7. The van der Waals surface area contributed by atoms with Gasteiger partial charge in [0.05, 0.1) is 10.8 Å². The Morgan fingerprint density at radius 3 is 2.50 bits per heavy atom. The predicted octanol–water partition coefficient (Wildman–Crippen LogP) is 3.38. The van der Waals surface area contributed by atoms with Crippen molar-refractivity contribution in [1.82, 2.24) is 5.32 Å². The van der Waals surface area contributed by atoms with Gasteiger partial charge in [-0.25, -0.2) is 0 Å². The number of carbonyl (C=O) groups excluding carboxylic acids is 1. The molecule has 1 aliphatic heterocycles. The standard InChI is InChI=1S/C19H20N2O5/c1-12(2)18(14-4-6-15(7-5-14)21(23)24)19(22)20-10-13-3-8-16-17(9-13)26-11-25-16/h3-9,12,18H,10-11H2,1-2H3,(H,20,22). The molecule has 2 aromatic carbocycles. The monoisotopic (exact) mass is 356 g/mol. The SMILES string of the molecule is CC(C)C(C(=O)NCc1ccc2c(c1)OCO2)c1ccc([N+](=O)[O-])cc1. The zero-order valence-electron chi connectivity index (χ0n) is 14.6. The lowest BCUT2D eigenvalue weighted by atomic mass is 9.87. The number of ether oxygens (including phenoxy) is 2. The normalized spacial score (nSPS) is 13.5. The van der Waals surface area contributed by atoms with Crippen LogP contribution in [-0.4, -0.2) is 17.6 Å². The zero-order chi connectivity index (χ0) is 18.7. The van der Waals surface area contributed by atoms with E-state index in [1.54, 1.807) is 12.1 Å². The molecule has 0 saturated heterocycles. The minimum atomic E-state index is -0.451. The molecule has 1 heterocycles. The molecule has 1 atom stereocenters. The molecule has 0 aromatic heterocycles. The lowest BCUT2D eigenvalue weighted by molar-refractivity contribution is -0.384. The van der Waals surface area contributed by atoms with Crippen molar-refractivity contribution < 1.29 is 19.2 Å². The van der Waals surface area contributed by atoms with Crippen LogP contribution in [0.25, 0.3) is 0 Å². The highest BCUT2D eigenvalue weighted by Gasteiger charge is 2.25. The molecule has 0 saturated carbocycles. The Morgan fingerprint density at radius 1 is 1.15 bits per heavy atom. The van der Waals surface area contributed by atoms with Crippen LogP contribution in [0.5, 0.6) is 11.5 Å². The first-order chi connectivity index (χ1) is 12.5. The number of hydrogen-bond acceptors (Lipinski definition) is 5. The first-order valence-electron chi connectivity index (χ1n) is 8.36. The second-order valence-electron chi connectivity index (χ2n) is 6.48. The molecule has 7 heteroatoms. The van der Waals surface area contributed by atoms with Crippen molar-refractivity contribution in [2.75, 3.05) is 6.79 Å². The van der Waals surface area contributed by atoms with Crippen molar-refractivity contribution in [2.24, 2.45) is 5.92 Å². The van der Waals surface area contributed by atoms with Gasteiger partial charge in [-0.15, -0.1) is 0 Å². The van der Waals surface area contributed by atoms with Crippen LogP contribution < -0.4 is 14.8 Å². The van der Waals surface area contributed by atoms with E-state index in [0.717, 1.165) is 11.1 Å². The Bertz CT molecular complexity index is 817. The van der Waals surface area contributed by atoms with Crippen LogP contribution in [0.4, 0.5) is 5.69 Å². The molecular weight excluding hydrogens is 336 g/mol. The van der Waals surface area contributed by atoms with Gasteiger partial charge in [-0.3, -0.25) is 14.9 Å². The smallest absolute Gasteiger partial charge is 0.269 e. The number of nitro groups is 1. The van der Waals surface area contributed by atoms with Gasteiger partial charge in [0.1, 0.15) is 0 Å². The minimum Gasteiger partial charge on any atom is -0.454 e. The number of nitrogens with zero attached hydrogens (tertiary/aromatic N) is 1. The summed E-state index contributed by atoms with van der Waals surface area (Å²) in [7, 11) is 0. The average molecular weight is 356 g/mol. The quantitative estimate of drug-likeness (QED) is 0.633. The topological polar surface area (TPSA) is 90.7 Å². The van der Waals surface area contributed by atoms with E-state index < -0.39 is 4.92 Å². The van der Waals surface area contributed by atoms with E-state index in [1.165, 1.54) is 12.1 Å². The molecule has 1 N–H and O–H groups in total. The molecule has 1 amide bonds. The molecule has 0 radical (unpaired) electrons. The highest BCUT2D eigenvalue weighted by Crippen LogP contribution is 2.32. The average Bonchev–Trinajstić information content (AvgIpc) is 3.08. The summed E-state index contributed by atoms with van der Waals surface area (Å²) >= 11 is 0. The van der Waals surface area contributed by atoms with E-state index in [-0.39, 0.29) is 30.2 Å². The number of nitro benzene ring substituents is 1. The van der Waals surface area contributed by atoms with Gasteiger partial charge in [0, 0.05) is 18.7 Å². The van der Waals surface area contributed by atoms with E-state index in [2.05, 4.69) is 5.32 Å². The fourth-order valence-electron chi connectivity index (χ4n) is 2.99. The maximum Gasteiger partial charge on any atom is 0.269 e. The van der Waals surface area contributed by atoms with Crippen LogP contribution in [-0.2, 0) is 11.3 Å². The molecule has 0 bridgehead atoms. The third kappa shape index (κ3) is 3.77. The van der Waals surface area contributed by atoms with Crippen LogP contribution in [0, 0.1) is 16.0 Å². The summed E-state index contributed by atoms with van der Waals surface area (Å²) in [5.41, 5.74) is 1.68. The Kier molecular flexibility index (Phi) is 5.06. The summed E-state index contributed by atoms with van der Waals surface area (Å²) in [6, 6.07) is 11.7. The van der Waals surface area contributed by atoms with E-state index in [1.807, 2.05) is 32.0 Å². The summed E-state index contributed by atoms with van der Waals surface area (Å²) in [6.07, 6.45) is 0. The molecule has 2 aromatic rings. The highest BCUT2D eigenvalue weighted by molar-refractivity contribution is 5.84. The number of amides is 1. The maximum atomic E-state index is 12.7. The van der Waals surface area contributed by atoms with Gasteiger partial charge < -0.3 is 14.8 Å². The number of nitrogens with one attached hydrogen (secondary N) is 1. The molecule has 136 valence electrons. The van der Waals surface area contributed by atoms with Crippen molar-refractivity contribution in [1.29, 1.82) is 0 Å². The van der Waals surface area contributed by atoms with Crippen LogP contribution in [0.3, 0.4) is 0 Å². The number of non-ortho nitro benzene ring substituents is 1. The van der Waals surface area contributed by atoms with Crippen molar-refractivity contribution in [3.8, 4) is 11.5 Å². The summed E-state index contributed by atoms with van der Waals surface area (Å²) in [4.78, 5) is 23.1. The second-order valence-corrected chi connectivity index (χ2v) is 6.48. The van der Waals surface area contributed by atoms with Crippen molar-refractivity contribution in [3.05, 3.63) is 63.7 Å². The zero-order valence-corrected chi connectivity index (χ0v) is 14.6. The van der Waals surface area contributed by atoms with Gasteiger partial charge in [-0.2, -0.15) is 0 Å². The number of hydrogen-bond donors (Lipinski definition) is 1. The molecule has 1 unspecified atom stereocenters. The van der Waals surface area contributed by atoms with Crippen molar-refractivity contribution in [3.63, 3.8) is 0 Å². The molecule has 3 rings (SSSR count). The van der Waals surface area contributed by atoms with Gasteiger partial charge in [0.2, 0.25) is 12.7 Å². The van der Waals surface area contributed by atoms with Gasteiger partial charge in [0.15, 0.2) is 11.5 Å². The lowest BCUT2D eigenvalue weighted by Crippen LogP contribution is -2.31. The molecule has 1 aliphatic rings. The number of fused-ring (bicyclic) bond motifs is 1. The minimum absolute atomic E-state index is 0.0111. The third-order valence-electron chi connectivity index (χ3n) is 4.32. The summed E-state index contributed by atoms with van der Waals surface area (Å²) < 4.78 is 10.6. The van der Waals surface area contributed by atoms with Gasteiger partial charge >= 0.3 is 0 Å². The molecule has 0 fully saturated rings. The van der Waals surface area contributed by atoms with Crippen LogP contribution in [0.15, 0.2) is 42.5 Å². The lowest BCUT2D eigenvalue weighted by Gasteiger charge is -2.20. The van der Waals surface area contributed by atoms with Gasteiger partial charge in [-0.05, 0) is 29.2 Å². The largest absolute Gasteiger partial charge is 0.454 e. The Balaban J connectivity index is 1.69. The molecule has 0 aliphatic carbocycles. The Labute approximate surface area is 151 Å². The Hall–Kier alpha value is -3.09. The molecular formula is C19H20N2O5. The number of rotatable bonds is 6. The fraction of sp³-hybridized carbons (Fsp3) is 0.316. The van der Waals surface area contributed by atoms with E-state index in [0.29, 0.717) is 18.0 Å². The van der Waals surface area contributed by atoms with Crippen LogP contribution in [0.2, 0.25) is 0 Å². The Morgan fingerprint density at radius 2 is 1.85 bits per heavy atom. The van der Waals surface area contributed by atoms with E-state index in [9.17, 15) is 14.9 Å². The molecule has 0 spiro atoms. The molecule has 26 heavy (non-hydrogen) atoms.